The summed E-state index contributed by atoms with van der Waals surface area (Å²) in [4.78, 5) is 1.90. The molecule has 5 nitrogen and oxygen atoms in total. The molecule has 1 saturated heterocycles. The Morgan fingerprint density at radius 3 is 2.48 bits per heavy atom. The van der Waals surface area contributed by atoms with Crippen LogP contribution in [0.15, 0.2) is 4.42 Å². The molecule has 21 heavy (non-hydrogen) atoms. The highest BCUT2D eigenvalue weighted by molar-refractivity contribution is 5.00. The third-order valence-electron chi connectivity index (χ3n) is 4.34. The van der Waals surface area contributed by atoms with Gasteiger partial charge in [-0.2, -0.15) is 13.2 Å². The van der Waals surface area contributed by atoms with E-state index in [1.807, 2.05) is 4.90 Å². The first-order valence-electron chi connectivity index (χ1n) is 7.10. The summed E-state index contributed by atoms with van der Waals surface area (Å²) < 4.78 is 49.5. The first-order chi connectivity index (χ1) is 9.93. The van der Waals surface area contributed by atoms with Crippen molar-refractivity contribution in [3.63, 3.8) is 0 Å². The van der Waals surface area contributed by atoms with Gasteiger partial charge in [0.2, 0.25) is 11.8 Å². The van der Waals surface area contributed by atoms with Crippen molar-refractivity contribution in [3.05, 3.63) is 11.8 Å². The summed E-state index contributed by atoms with van der Waals surface area (Å²) in [6, 6.07) is 0. The third-order valence-corrected chi connectivity index (χ3v) is 4.34. The highest BCUT2D eigenvalue weighted by atomic mass is 19.4. The van der Waals surface area contributed by atoms with E-state index in [9.17, 15) is 13.2 Å². The summed E-state index contributed by atoms with van der Waals surface area (Å²) in [6.45, 7) is 1.00. The normalized spacial score (nSPS) is 23.4. The van der Waals surface area contributed by atoms with Gasteiger partial charge in [0.05, 0.1) is 6.54 Å². The van der Waals surface area contributed by atoms with Gasteiger partial charge in [-0.3, -0.25) is 4.90 Å². The Hall–Kier alpha value is -1.15. The van der Waals surface area contributed by atoms with E-state index >= 15 is 0 Å². The van der Waals surface area contributed by atoms with Gasteiger partial charge in [0.15, 0.2) is 5.60 Å². The topological polar surface area (TPSA) is 51.4 Å². The molecule has 0 atom stereocenters. The minimum Gasteiger partial charge on any atom is -0.424 e. The quantitative estimate of drug-likeness (QED) is 0.855. The van der Waals surface area contributed by atoms with E-state index in [0.717, 1.165) is 20.0 Å². The largest absolute Gasteiger partial charge is 0.424 e. The van der Waals surface area contributed by atoms with E-state index in [-0.39, 0.29) is 12.8 Å². The number of hydrogen-bond donors (Lipinski definition) is 0. The van der Waals surface area contributed by atoms with Crippen LogP contribution in [-0.2, 0) is 11.3 Å². The summed E-state index contributed by atoms with van der Waals surface area (Å²) >= 11 is 0. The van der Waals surface area contributed by atoms with E-state index in [0.29, 0.717) is 37.3 Å². The van der Waals surface area contributed by atoms with Gasteiger partial charge < -0.3 is 9.15 Å². The van der Waals surface area contributed by atoms with Crippen molar-refractivity contribution in [1.29, 1.82) is 0 Å². The van der Waals surface area contributed by atoms with Crippen LogP contribution in [0.5, 0.6) is 0 Å². The molecule has 1 saturated carbocycles. The summed E-state index contributed by atoms with van der Waals surface area (Å²) in [5.74, 6) is 1.52. The maximum absolute atomic E-state index is 13.1. The summed E-state index contributed by atoms with van der Waals surface area (Å²) in [5.41, 5.74) is -2.02. The molecule has 8 heteroatoms. The van der Waals surface area contributed by atoms with Gasteiger partial charge in [0.25, 0.3) is 0 Å². The molecule has 0 unspecified atom stereocenters. The summed E-state index contributed by atoms with van der Waals surface area (Å²) in [7, 11) is 1.13. The maximum atomic E-state index is 13.1. The highest BCUT2D eigenvalue weighted by Gasteiger charge is 2.56. The fourth-order valence-electron chi connectivity index (χ4n) is 2.69. The SMILES string of the molecule is COC1(C(F)(F)F)CCN(Cc2nnc(C3CC3)o2)CC1. The number of methoxy groups -OCH3 is 1. The molecule has 1 aliphatic carbocycles. The molecule has 0 spiro atoms. The van der Waals surface area contributed by atoms with Gasteiger partial charge in [-0.05, 0) is 25.7 Å². The Balaban J connectivity index is 1.57. The van der Waals surface area contributed by atoms with Crippen LogP contribution in [0.1, 0.15) is 43.4 Å². The number of nitrogens with zero attached hydrogens (tertiary/aromatic N) is 3. The number of hydrogen-bond acceptors (Lipinski definition) is 5. The van der Waals surface area contributed by atoms with Gasteiger partial charge >= 0.3 is 6.18 Å². The molecule has 0 amide bonds. The lowest BCUT2D eigenvalue weighted by Gasteiger charge is -2.41. The number of ether oxygens (including phenoxy) is 1. The summed E-state index contributed by atoms with van der Waals surface area (Å²) in [5, 5.41) is 7.94. The molecule has 0 aromatic carbocycles. The van der Waals surface area contributed by atoms with Crippen molar-refractivity contribution >= 4 is 0 Å². The van der Waals surface area contributed by atoms with Crippen molar-refractivity contribution in [1.82, 2.24) is 15.1 Å². The lowest BCUT2D eigenvalue weighted by atomic mass is 9.90. The Morgan fingerprint density at radius 1 is 1.29 bits per heavy atom. The zero-order valence-corrected chi connectivity index (χ0v) is 11.8. The maximum Gasteiger partial charge on any atom is 0.417 e. The monoisotopic (exact) mass is 305 g/mol. The smallest absolute Gasteiger partial charge is 0.417 e. The molecule has 2 aliphatic rings. The van der Waals surface area contributed by atoms with Gasteiger partial charge in [-0.1, -0.05) is 0 Å². The number of piperidine rings is 1. The Bertz CT molecular complexity index is 491. The molecule has 1 aromatic rings. The zero-order valence-electron chi connectivity index (χ0n) is 11.8. The molecule has 118 valence electrons. The van der Waals surface area contributed by atoms with E-state index in [2.05, 4.69) is 10.2 Å². The van der Waals surface area contributed by atoms with Crippen LogP contribution in [0.4, 0.5) is 13.2 Å². The Labute approximate surface area is 120 Å². The first-order valence-corrected chi connectivity index (χ1v) is 7.10. The fourth-order valence-corrected chi connectivity index (χ4v) is 2.69. The molecule has 1 aromatic heterocycles. The van der Waals surface area contributed by atoms with Gasteiger partial charge in [0, 0.05) is 26.1 Å². The second-order valence-electron chi connectivity index (χ2n) is 5.78. The third kappa shape index (κ3) is 2.91. The van der Waals surface area contributed by atoms with Crippen LogP contribution >= 0.6 is 0 Å². The predicted molar refractivity (Wildman–Crippen MR) is 66.6 cm³/mol. The lowest BCUT2D eigenvalue weighted by molar-refractivity contribution is -0.282. The van der Waals surface area contributed by atoms with E-state index in [1.165, 1.54) is 0 Å². The average Bonchev–Trinajstić information content (AvgIpc) is 3.19. The molecular formula is C13H18F3N3O2. The van der Waals surface area contributed by atoms with E-state index in [1.54, 1.807) is 0 Å². The van der Waals surface area contributed by atoms with Crippen molar-refractivity contribution in [3.8, 4) is 0 Å². The van der Waals surface area contributed by atoms with Crippen molar-refractivity contribution in [2.75, 3.05) is 20.2 Å². The molecular weight excluding hydrogens is 287 g/mol. The molecule has 2 heterocycles. The number of rotatable bonds is 4. The molecule has 2 fully saturated rings. The van der Waals surface area contributed by atoms with Gasteiger partial charge in [-0.25, -0.2) is 0 Å². The molecule has 0 bridgehead atoms. The molecule has 0 N–H and O–H groups in total. The van der Waals surface area contributed by atoms with Gasteiger partial charge in [-0.15, -0.1) is 10.2 Å². The van der Waals surface area contributed by atoms with Crippen LogP contribution in [-0.4, -0.2) is 47.1 Å². The van der Waals surface area contributed by atoms with E-state index < -0.39 is 11.8 Å². The standard InChI is InChI=1S/C13H18F3N3O2/c1-20-12(13(14,15)16)4-6-19(7-5-12)8-10-17-18-11(21-10)9-2-3-9/h9H,2-8H2,1H3. The van der Waals surface area contributed by atoms with Crippen molar-refractivity contribution in [2.45, 2.75) is 49.9 Å². The average molecular weight is 305 g/mol. The fraction of sp³-hybridized carbons (Fsp3) is 0.846. The van der Waals surface area contributed by atoms with Gasteiger partial charge in [0.1, 0.15) is 0 Å². The second kappa shape index (κ2) is 5.24. The number of likely N-dealkylation sites (tertiary alicyclic amines) is 1. The van der Waals surface area contributed by atoms with Crippen LogP contribution in [0.25, 0.3) is 0 Å². The number of halogens is 3. The molecule has 1 aliphatic heterocycles. The zero-order chi connectivity index (χ0) is 15.1. The molecule has 3 rings (SSSR count). The molecule has 0 radical (unpaired) electrons. The van der Waals surface area contributed by atoms with Crippen LogP contribution in [0.2, 0.25) is 0 Å². The van der Waals surface area contributed by atoms with Crippen LogP contribution in [0, 0.1) is 0 Å². The first kappa shape index (κ1) is 14.8. The predicted octanol–water partition coefficient (Wildman–Crippen LogP) is 2.49. The highest BCUT2D eigenvalue weighted by Crippen LogP contribution is 2.41. The van der Waals surface area contributed by atoms with E-state index in [4.69, 9.17) is 9.15 Å². The number of aromatic nitrogens is 2. The summed E-state index contributed by atoms with van der Waals surface area (Å²) in [6.07, 6.45) is -2.33. The second-order valence-corrected chi connectivity index (χ2v) is 5.78. The number of alkyl halides is 3. The Kier molecular flexibility index (Phi) is 3.69. The lowest BCUT2D eigenvalue weighted by Crippen LogP contribution is -2.54. The van der Waals surface area contributed by atoms with Crippen LogP contribution < -0.4 is 0 Å². The Morgan fingerprint density at radius 2 is 1.95 bits per heavy atom. The van der Waals surface area contributed by atoms with Crippen molar-refractivity contribution < 1.29 is 22.3 Å². The van der Waals surface area contributed by atoms with Crippen LogP contribution in [0.3, 0.4) is 0 Å². The minimum atomic E-state index is -4.34. The van der Waals surface area contributed by atoms with Crippen molar-refractivity contribution in [2.24, 2.45) is 0 Å². The minimum absolute atomic E-state index is 0.0728.